The summed E-state index contributed by atoms with van der Waals surface area (Å²) in [6.45, 7) is 0. The molecule has 1 N–H and O–H groups in total. The molecular weight excluding hydrogens is 306 g/mol. The molecule has 0 saturated heterocycles. The molecule has 1 amide bonds. The van der Waals surface area contributed by atoms with Crippen LogP contribution in [-0.4, -0.2) is 24.2 Å². The Kier molecular flexibility index (Phi) is 3.98. The van der Waals surface area contributed by atoms with Gasteiger partial charge in [0.2, 0.25) is 5.91 Å². The van der Waals surface area contributed by atoms with E-state index in [1.54, 1.807) is 23.9 Å². The lowest BCUT2D eigenvalue weighted by Crippen LogP contribution is -2.24. The van der Waals surface area contributed by atoms with Crippen molar-refractivity contribution in [2.24, 2.45) is 0 Å². The van der Waals surface area contributed by atoms with Crippen molar-refractivity contribution in [3.8, 4) is 0 Å². The molecule has 108 valence electrons. The Hall–Kier alpha value is -1.79. The van der Waals surface area contributed by atoms with Crippen molar-refractivity contribution in [1.82, 2.24) is 0 Å². The quantitative estimate of drug-likeness (QED) is 0.883. The van der Waals surface area contributed by atoms with E-state index in [9.17, 15) is 9.59 Å². The van der Waals surface area contributed by atoms with E-state index in [0.717, 1.165) is 6.42 Å². The molecule has 1 atom stereocenters. The number of methoxy groups -OCH3 is 1. The number of thiophene rings is 1. The van der Waals surface area contributed by atoms with Gasteiger partial charge in [0, 0.05) is 4.90 Å². The van der Waals surface area contributed by atoms with Crippen LogP contribution in [-0.2, 0) is 16.0 Å². The number of hydrogen-bond donors (Lipinski definition) is 1. The number of amides is 1. The number of esters is 1. The van der Waals surface area contributed by atoms with Crippen LogP contribution in [0.3, 0.4) is 0 Å². The SMILES string of the molecule is COC(=O)c1ccc(NC(=O)[C@H]2Cc3ccccc3S2)s1. The van der Waals surface area contributed by atoms with Gasteiger partial charge in [0.25, 0.3) is 0 Å². The van der Waals surface area contributed by atoms with E-state index in [2.05, 4.69) is 16.1 Å². The lowest BCUT2D eigenvalue weighted by atomic mass is 10.1. The number of fused-ring (bicyclic) bond motifs is 1. The highest BCUT2D eigenvalue weighted by molar-refractivity contribution is 8.01. The van der Waals surface area contributed by atoms with E-state index in [0.29, 0.717) is 9.88 Å². The second-order valence-electron chi connectivity index (χ2n) is 4.56. The van der Waals surface area contributed by atoms with E-state index in [4.69, 9.17) is 0 Å². The molecule has 1 aliphatic heterocycles. The summed E-state index contributed by atoms with van der Waals surface area (Å²) in [7, 11) is 1.34. The van der Waals surface area contributed by atoms with Crippen molar-refractivity contribution in [1.29, 1.82) is 0 Å². The third kappa shape index (κ3) is 2.96. The van der Waals surface area contributed by atoms with Crippen molar-refractivity contribution in [2.75, 3.05) is 12.4 Å². The average Bonchev–Trinajstić information content (AvgIpc) is 3.12. The molecular formula is C15H13NO3S2. The number of anilines is 1. The minimum absolute atomic E-state index is 0.0329. The minimum Gasteiger partial charge on any atom is -0.465 e. The number of carbonyl (C=O) groups is 2. The summed E-state index contributed by atoms with van der Waals surface area (Å²) in [6.07, 6.45) is 0.738. The summed E-state index contributed by atoms with van der Waals surface area (Å²) in [5.41, 5.74) is 1.21. The molecule has 1 aliphatic rings. The first-order valence-corrected chi connectivity index (χ1v) is 8.10. The first-order chi connectivity index (χ1) is 10.2. The lowest BCUT2D eigenvalue weighted by Gasteiger charge is -2.07. The fourth-order valence-electron chi connectivity index (χ4n) is 2.15. The molecule has 0 spiro atoms. The number of thioether (sulfide) groups is 1. The smallest absolute Gasteiger partial charge is 0.348 e. The summed E-state index contributed by atoms with van der Waals surface area (Å²) in [4.78, 5) is 25.3. The van der Waals surface area contributed by atoms with Crippen molar-refractivity contribution < 1.29 is 14.3 Å². The van der Waals surface area contributed by atoms with Gasteiger partial charge >= 0.3 is 5.97 Å². The van der Waals surface area contributed by atoms with Gasteiger partial charge in [0.1, 0.15) is 4.88 Å². The van der Waals surface area contributed by atoms with Gasteiger partial charge in [0.15, 0.2) is 0 Å². The van der Waals surface area contributed by atoms with E-state index < -0.39 is 0 Å². The van der Waals surface area contributed by atoms with Crippen molar-refractivity contribution >= 4 is 40.0 Å². The number of ether oxygens (including phenoxy) is 1. The Labute approximate surface area is 130 Å². The number of benzene rings is 1. The van der Waals surface area contributed by atoms with Crippen LogP contribution in [0.5, 0.6) is 0 Å². The zero-order chi connectivity index (χ0) is 14.8. The van der Waals surface area contributed by atoms with Crippen molar-refractivity contribution in [2.45, 2.75) is 16.6 Å². The molecule has 0 unspecified atom stereocenters. The molecule has 0 saturated carbocycles. The van der Waals surface area contributed by atoms with Crippen LogP contribution in [0.25, 0.3) is 0 Å². The number of hydrogen-bond acceptors (Lipinski definition) is 5. The third-order valence-corrected chi connectivity index (χ3v) is 5.48. The number of nitrogens with one attached hydrogen (secondary N) is 1. The molecule has 0 bridgehead atoms. The first kappa shape index (κ1) is 14.2. The summed E-state index contributed by atoms with van der Waals surface area (Å²) in [5.74, 6) is -0.419. The van der Waals surface area contributed by atoms with Gasteiger partial charge in [-0.1, -0.05) is 18.2 Å². The second-order valence-corrected chi connectivity index (χ2v) is 6.89. The highest BCUT2D eigenvalue weighted by Crippen LogP contribution is 2.37. The van der Waals surface area contributed by atoms with E-state index in [-0.39, 0.29) is 17.1 Å². The molecule has 1 aromatic heterocycles. The highest BCUT2D eigenvalue weighted by atomic mass is 32.2. The maximum atomic E-state index is 12.3. The van der Waals surface area contributed by atoms with Crippen molar-refractivity contribution in [3.05, 3.63) is 46.8 Å². The van der Waals surface area contributed by atoms with Gasteiger partial charge in [-0.25, -0.2) is 4.79 Å². The predicted octanol–water partition coefficient (Wildman–Crippen LogP) is 3.19. The Morgan fingerprint density at radius 2 is 2.05 bits per heavy atom. The number of carbonyl (C=O) groups excluding carboxylic acids is 2. The normalized spacial score (nSPS) is 16.3. The molecule has 3 rings (SSSR count). The zero-order valence-electron chi connectivity index (χ0n) is 11.3. The lowest BCUT2D eigenvalue weighted by molar-refractivity contribution is -0.115. The molecule has 2 aromatic rings. The maximum absolute atomic E-state index is 12.3. The second kappa shape index (κ2) is 5.91. The van der Waals surface area contributed by atoms with Gasteiger partial charge in [-0.05, 0) is 30.2 Å². The molecule has 1 aromatic carbocycles. The van der Waals surface area contributed by atoms with Crippen LogP contribution in [0.4, 0.5) is 5.00 Å². The van der Waals surface area contributed by atoms with E-state index in [1.807, 2.05) is 18.2 Å². The summed E-state index contributed by atoms with van der Waals surface area (Å²) in [6, 6.07) is 11.4. The van der Waals surface area contributed by atoms with Crippen LogP contribution in [0, 0.1) is 0 Å². The summed E-state index contributed by atoms with van der Waals surface area (Å²) < 4.78 is 4.65. The zero-order valence-corrected chi connectivity index (χ0v) is 12.9. The highest BCUT2D eigenvalue weighted by Gasteiger charge is 2.28. The van der Waals surface area contributed by atoms with Gasteiger partial charge in [0.05, 0.1) is 17.4 Å². The van der Waals surface area contributed by atoms with Crippen LogP contribution < -0.4 is 5.32 Å². The standard InChI is InChI=1S/C15H13NO3S2/c1-19-15(18)11-6-7-13(21-11)16-14(17)12-8-9-4-2-3-5-10(9)20-12/h2-7,12H,8H2,1H3,(H,16,17)/t12-/m1/s1. The first-order valence-electron chi connectivity index (χ1n) is 6.41. The van der Waals surface area contributed by atoms with E-state index in [1.165, 1.54) is 28.9 Å². The van der Waals surface area contributed by atoms with Gasteiger partial charge in [-0.15, -0.1) is 23.1 Å². The monoisotopic (exact) mass is 319 g/mol. The molecule has 0 aliphatic carbocycles. The Bertz CT molecular complexity index is 671. The van der Waals surface area contributed by atoms with Crippen LogP contribution in [0.1, 0.15) is 15.2 Å². The van der Waals surface area contributed by atoms with Crippen LogP contribution in [0.15, 0.2) is 41.3 Å². The van der Waals surface area contributed by atoms with Crippen LogP contribution in [0.2, 0.25) is 0 Å². The topological polar surface area (TPSA) is 55.4 Å². The average molecular weight is 319 g/mol. The summed E-state index contributed by atoms with van der Waals surface area (Å²) >= 11 is 2.80. The minimum atomic E-state index is -0.386. The molecule has 6 heteroatoms. The fourth-order valence-corrected chi connectivity index (χ4v) is 4.17. The molecule has 4 nitrogen and oxygen atoms in total. The van der Waals surface area contributed by atoms with Crippen LogP contribution >= 0.6 is 23.1 Å². The predicted molar refractivity (Wildman–Crippen MR) is 84.1 cm³/mol. The molecule has 0 fully saturated rings. The fraction of sp³-hybridized carbons (Fsp3) is 0.200. The van der Waals surface area contributed by atoms with Gasteiger partial charge in [-0.2, -0.15) is 0 Å². The summed E-state index contributed by atoms with van der Waals surface area (Å²) in [5, 5.41) is 3.41. The Morgan fingerprint density at radius 1 is 1.24 bits per heavy atom. The molecule has 21 heavy (non-hydrogen) atoms. The largest absolute Gasteiger partial charge is 0.465 e. The Morgan fingerprint density at radius 3 is 2.81 bits per heavy atom. The third-order valence-electron chi connectivity index (χ3n) is 3.18. The van der Waals surface area contributed by atoms with E-state index >= 15 is 0 Å². The number of rotatable bonds is 3. The molecule has 0 radical (unpaired) electrons. The van der Waals surface area contributed by atoms with Gasteiger partial charge < -0.3 is 10.1 Å². The maximum Gasteiger partial charge on any atom is 0.348 e. The Balaban J connectivity index is 1.65. The van der Waals surface area contributed by atoms with Gasteiger partial charge in [-0.3, -0.25) is 4.79 Å². The van der Waals surface area contributed by atoms with Crippen molar-refractivity contribution in [3.63, 3.8) is 0 Å². The molecule has 2 heterocycles.